The molecule has 7 rings (SSSR count). The molecule has 40 heavy (non-hydrogen) atoms. The zero-order valence-corrected chi connectivity index (χ0v) is 22.4. The minimum Gasteiger partial charge on any atom is -0.452 e. The largest absolute Gasteiger partial charge is 0.452 e. The zero-order valence-electron chi connectivity index (χ0n) is 20.8. The number of nitrogens with zero attached hydrogens (tertiary/aromatic N) is 4. The third-order valence-electron chi connectivity index (χ3n) is 6.78. The van der Waals surface area contributed by atoms with Crippen LogP contribution in [0.5, 0.6) is 0 Å². The summed E-state index contributed by atoms with van der Waals surface area (Å²) in [5, 5.41) is 8.70. The molecule has 3 aromatic carbocycles. The number of nitrogens with one attached hydrogen (secondary N) is 1. The van der Waals surface area contributed by atoms with Crippen molar-refractivity contribution in [2.45, 2.75) is 6.92 Å². The second-order valence-corrected chi connectivity index (χ2v) is 10.7. The predicted octanol–water partition coefficient (Wildman–Crippen LogP) is 4.43. The molecule has 0 radical (unpaired) electrons. The van der Waals surface area contributed by atoms with Gasteiger partial charge in [-0.2, -0.15) is 9.50 Å². The number of thiazole rings is 1. The average Bonchev–Trinajstić information content (AvgIpc) is 3.67. The predicted molar refractivity (Wildman–Crippen MR) is 154 cm³/mol. The van der Waals surface area contributed by atoms with E-state index in [-0.39, 0.29) is 22.6 Å². The standard InChI is InChI=1S/C29H18ClN5O4S/c1-15-18-6-3-5-9-21(18)39-24(15)26-32-29-35(33-26)28(38)25(40-29)23-19-7-2-4-8-20(19)34(27(23)37)14-22(36)31-17-12-10-16(30)11-13-17/h2-13H,14H2,1H3,(H,31,36)/b25-23-. The molecule has 2 amide bonds. The Hall–Kier alpha value is -4.80. The van der Waals surface area contributed by atoms with Gasteiger partial charge in [0.15, 0.2) is 5.76 Å². The van der Waals surface area contributed by atoms with Crippen LogP contribution in [0.25, 0.3) is 33.1 Å². The summed E-state index contributed by atoms with van der Waals surface area (Å²) >= 11 is 7.00. The first kappa shape index (κ1) is 24.3. The summed E-state index contributed by atoms with van der Waals surface area (Å²) in [5.41, 5.74) is 3.02. The maximum Gasteiger partial charge on any atom is 0.291 e. The highest BCUT2D eigenvalue weighted by Gasteiger charge is 2.35. The molecule has 1 aliphatic rings. The minimum absolute atomic E-state index is 0.209. The van der Waals surface area contributed by atoms with Crippen molar-refractivity contribution in [1.82, 2.24) is 14.6 Å². The number of amides is 2. The van der Waals surface area contributed by atoms with E-state index in [4.69, 9.17) is 16.0 Å². The van der Waals surface area contributed by atoms with Crippen LogP contribution in [0.3, 0.4) is 0 Å². The molecule has 0 bridgehead atoms. The highest BCUT2D eigenvalue weighted by molar-refractivity contribution is 7.15. The molecule has 3 aromatic heterocycles. The van der Waals surface area contributed by atoms with Crippen LogP contribution in [0.2, 0.25) is 5.02 Å². The first-order valence-electron chi connectivity index (χ1n) is 12.3. The highest BCUT2D eigenvalue weighted by atomic mass is 35.5. The Morgan fingerprint density at radius 2 is 1.77 bits per heavy atom. The highest BCUT2D eigenvalue weighted by Crippen LogP contribution is 2.35. The lowest BCUT2D eigenvalue weighted by Gasteiger charge is -2.16. The van der Waals surface area contributed by atoms with E-state index in [1.54, 1.807) is 48.5 Å². The van der Waals surface area contributed by atoms with Crippen molar-refractivity contribution in [3.8, 4) is 11.6 Å². The number of hydrogen-bond donors (Lipinski definition) is 1. The summed E-state index contributed by atoms with van der Waals surface area (Å²) in [4.78, 5) is 46.3. The van der Waals surface area contributed by atoms with Crippen LogP contribution < -0.4 is 20.3 Å². The molecule has 196 valence electrons. The number of fused-ring (bicyclic) bond motifs is 3. The van der Waals surface area contributed by atoms with Gasteiger partial charge in [0.05, 0.1) is 11.3 Å². The fraction of sp³-hybridized carbons (Fsp3) is 0.0690. The number of halogens is 1. The molecule has 0 unspecified atom stereocenters. The van der Waals surface area contributed by atoms with Crippen LogP contribution in [0, 0.1) is 6.92 Å². The second-order valence-electron chi connectivity index (χ2n) is 9.26. The third-order valence-corrected chi connectivity index (χ3v) is 8.07. The molecule has 6 aromatic rings. The van der Waals surface area contributed by atoms with E-state index >= 15 is 0 Å². The summed E-state index contributed by atoms with van der Waals surface area (Å²) in [6.45, 7) is 1.69. The molecule has 0 saturated carbocycles. The van der Waals surface area contributed by atoms with Crippen molar-refractivity contribution >= 4 is 67.6 Å². The number of carbonyl (C=O) groups is 2. The molecule has 4 heterocycles. The van der Waals surface area contributed by atoms with E-state index in [1.807, 2.05) is 31.2 Å². The lowest BCUT2D eigenvalue weighted by Crippen LogP contribution is -2.37. The van der Waals surface area contributed by atoms with Crippen molar-refractivity contribution in [3.05, 3.63) is 104 Å². The number of carbonyl (C=O) groups excluding carboxylic acids is 2. The number of aryl methyl sites for hydroxylation is 1. The van der Waals surface area contributed by atoms with Crippen molar-refractivity contribution in [3.63, 3.8) is 0 Å². The van der Waals surface area contributed by atoms with Crippen LogP contribution in [-0.2, 0) is 9.59 Å². The number of hydrogen-bond acceptors (Lipinski definition) is 7. The van der Waals surface area contributed by atoms with Gasteiger partial charge in [-0.1, -0.05) is 59.3 Å². The fourth-order valence-electron chi connectivity index (χ4n) is 4.90. The maximum absolute atomic E-state index is 13.7. The van der Waals surface area contributed by atoms with Crippen molar-refractivity contribution in [2.75, 3.05) is 16.8 Å². The fourth-order valence-corrected chi connectivity index (χ4v) is 6.03. The molecule has 11 heteroatoms. The average molecular weight is 568 g/mol. The first-order chi connectivity index (χ1) is 19.4. The van der Waals surface area contributed by atoms with Gasteiger partial charge >= 0.3 is 0 Å². The zero-order chi connectivity index (χ0) is 27.5. The number of furan rings is 1. The molecule has 9 nitrogen and oxygen atoms in total. The van der Waals surface area contributed by atoms with Crippen LogP contribution in [0.1, 0.15) is 11.1 Å². The van der Waals surface area contributed by atoms with Crippen molar-refractivity contribution in [1.29, 1.82) is 0 Å². The van der Waals surface area contributed by atoms with Crippen LogP contribution in [0.4, 0.5) is 11.4 Å². The number of anilines is 2. The maximum atomic E-state index is 13.7. The third kappa shape index (κ3) is 3.80. The Labute approximate surface area is 234 Å². The summed E-state index contributed by atoms with van der Waals surface area (Å²) in [6.07, 6.45) is 0. The topological polar surface area (TPSA) is 110 Å². The smallest absolute Gasteiger partial charge is 0.291 e. The van der Waals surface area contributed by atoms with Gasteiger partial charge in [-0.15, -0.1) is 5.10 Å². The molecular formula is C29H18ClN5O4S. The summed E-state index contributed by atoms with van der Waals surface area (Å²) in [5.74, 6) is -0.0388. The lowest BCUT2D eigenvalue weighted by molar-refractivity contribution is -0.118. The van der Waals surface area contributed by atoms with Crippen molar-refractivity contribution in [2.24, 2.45) is 0 Å². The number of aromatic nitrogens is 3. The van der Waals surface area contributed by atoms with Gasteiger partial charge in [0.2, 0.25) is 16.7 Å². The number of para-hydroxylation sites is 2. The van der Waals surface area contributed by atoms with Gasteiger partial charge < -0.3 is 9.73 Å². The molecule has 0 aliphatic carbocycles. The quantitative estimate of drug-likeness (QED) is 0.337. The molecule has 1 aliphatic heterocycles. The van der Waals surface area contributed by atoms with E-state index in [2.05, 4.69) is 15.4 Å². The van der Waals surface area contributed by atoms with E-state index in [0.29, 0.717) is 44.1 Å². The molecule has 0 atom stereocenters. The normalized spacial score (nSPS) is 14.3. The Kier molecular flexibility index (Phi) is 5.55. The number of rotatable bonds is 4. The SMILES string of the molecule is Cc1c(-c2nc3s/c(=C4\C(=O)N(CC(=O)Nc5ccc(Cl)cc5)c5ccccc54)c(=O)n3n2)oc2ccccc12. The Bertz CT molecular complexity index is 2110. The summed E-state index contributed by atoms with van der Waals surface area (Å²) in [6, 6.07) is 21.4. The van der Waals surface area contributed by atoms with Crippen LogP contribution in [0.15, 0.2) is 82.0 Å². The Morgan fingerprint density at radius 1 is 1.02 bits per heavy atom. The molecule has 0 saturated heterocycles. The van der Waals surface area contributed by atoms with Gasteiger partial charge in [0, 0.05) is 27.2 Å². The van der Waals surface area contributed by atoms with Gasteiger partial charge in [-0.3, -0.25) is 19.3 Å². The summed E-state index contributed by atoms with van der Waals surface area (Å²) < 4.78 is 7.37. The van der Waals surface area contributed by atoms with Gasteiger partial charge in [-0.05, 0) is 43.3 Å². The van der Waals surface area contributed by atoms with E-state index < -0.39 is 11.5 Å². The van der Waals surface area contributed by atoms with E-state index in [1.165, 1.54) is 9.42 Å². The van der Waals surface area contributed by atoms with Gasteiger partial charge in [0.25, 0.3) is 11.5 Å². The van der Waals surface area contributed by atoms with Crippen LogP contribution in [-0.4, -0.2) is 33.0 Å². The first-order valence-corrected chi connectivity index (χ1v) is 13.5. The van der Waals surface area contributed by atoms with Gasteiger partial charge in [0.1, 0.15) is 16.7 Å². The Balaban J connectivity index is 1.28. The Morgan fingerprint density at radius 3 is 2.55 bits per heavy atom. The van der Waals surface area contributed by atoms with Crippen LogP contribution >= 0.6 is 22.9 Å². The van der Waals surface area contributed by atoms with E-state index in [0.717, 1.165) is 22.3 Å². The monoisotopic (exact) mass is 567 g/mol. The molecule has 1 N–H and O–H groups in total. The minimum atomic E-state index is -0.460. The molecule has 0 fully saturated rings. The second kappa shape index (κ2) is 9.15. The number of benzene rings is 3. The molecule has 0 spiro atoms. The summed E-state index contributed by atoms with van der Waals surface area (Å²) in [7, 11) is 0. The van der Waals surface area contributed by atoms with E-state index in [9.17, 15) is 14.4 Å². The molecular weight excluding hydrogens is 550 g/mol. The van der Waals surface area contributed by atoms with Crippen molar-refractivity contribution < 1.29 is 14.0 Å². The lowest BCUT2D eigenvalue weighted by atomic mass is 10.1. The van der Waals surface area contributed by atoms with Gasteiger partial charge in [-0.25, -0.2) is 0 Å².